The van der Waals surface area contributed by atoms with E-state index >= 15 is 0 Å². The Kier molecular flexibility index (Phi) is 2.71. The minimum atomic E-state index is 0.457. The standard InChI is InChI=1S/C9H14O2S/c10-7-2-1-3-8(4-7)12-9-5-11-6-9/h8-9H,1-6H2. The molecular formula is C9H14O2S. The van der Waals surface area contributed by atoms with Gasteiger partial charge in [-0.05, 0) is 12.8 Å². The van der Waals surface area contributed by atoms with Crippen molar-refractivity contribution in [2.45, 2.75) is 36.2 Å². The predicted octanol–water partition coefficient (Wildman–Crippen LogP) is 1.63. The zero-order valence-corrected chi connectivity index (χ0v) is 7.94. The van der Waals surface area contributed by atoms with Crippen molar-refractivity contribution in [1.29, 1.82) is 0 Å². The molecule has 2 fully saturated rings. The fraction of sp³-hybridized carbons (Fsp3) is 0.889. The monoisotopic (exact) mass is 186 g/mol. The highest BCUT2D eigenvalue weighted by Crippen LogP contribution is 2.32. The number of thioether (sulfide) groups is 1. The summed E-state index contributed by atoms with van der Waals surface area (Å²) < 4.78 is 5.10. The van der Waals surface area contributed by atoms with Gasteiger partial charge < -0.3 is 4.74 Å². The van der Waals surface area contributed by atoms with Gasteiger partial charge in [-0.2, -0.15) is 0 Å². The first-order valence-electron chi connectivity index (χ1n) is 4.59. The molecule has 0 bridgehead atoms. The molecular weight excluding hydrogens is 172 g/mol. The summed E-state index contributed by atoms with van der Waals surface area (Å²) in [4.78, 5) is 11.1. The van der Waals surface area contributed by atoms with E-state index in [-0.39, 0.29) is 0 Å². The van der Waals surface area contributed by atoms with E-state index in [4.69, 9.17) is 4.74 Å². The Balaban J connectivity index is 1.74. The van der Waals surface area contributed by atoms with Gasteiger partial charge in [0.2, 0.25) is 0 Å². The molecule has 0 radical (unpaired) electrons. The number of ether oxygens (including phenoxy) is 1. The van der Waals surface area contributed by atoms with Gasteiger partial charge >= 0.3 is 0 Å². The SMILES string of the molecule is O=C1CCCC(SC2COC2)C1. The molecule has 2 rings (SSSR count). The fourth-order valence-corrected chi connectivity index (χ4v) is 3.14. The first-order valence-corrected chi connectivity index (χ1v) is 5.54. The number of carbonyl (C=O) groups is 1. The molecule has 0 amide bonds. The molecule has 1 aliphatic carbocycles. The van der Waals surface area contributed by atoms with Gasteiger partial charge in [-0.15, -0.1) is 11.8 Å². The summed E-state index contributed by atoms with van der Waals surface area (Å²) in [5.74, 6) is 0.457. The highest BCUT2D eigenvalue weighted by atomic mass is 32.2. The van der Waals surface area contributed by atoms with Crippen molar-refractivity contribution in [3.8, 4) is 0 Å². The maximum absolute atomic E-state index is 11.1. The predicted molar refractivity (Wildman–Crippen MR) is 49.5 cm³/mol. The van der Waals surface area contributed by atoms with Gasteiger partial charge in [-0.3, -0.25) is 4.79 Å². The van der Waals surface area contributed by atoms with Gasteiger partial charge in [-0.25, -0.2) is 0 Å². The highest BCUT2D eigenvalue weighted by Gasteiger charge is 2.26. The minimum Gasteiger partial charge on any atom is -0.379 e. The zero-order valence-electron chi connectivity index (χ0n) is 7.12. The number of carbonyl (C=O) groups excluding carboxylic acids is 1. The number of rotatable bonds is 2. The maximum atomic E-state index is 11.1. The summed E-state index contributed by atoms with van der Waals surface area (Å²) in [5, 5.41) is 1.28. The van der Waals surface area contributed by atoms with Crippen LogP contribution in [-0.2, 0) is 9.53 Å². The quantitative estimate of drug-likeness (QED) is 0.655. The topological polar surface area (TPSA) is 26.3 Å². The Bertz CT molecular complexity index is 177. The molecule has 2 aliphatic rings. The molecule has 0 aromatic rings. The number of hydrogen-bond donors (Lipinski definition) is 0. The van der Waals surface area contributed by atoms with Crippen molar-refractivity contribution >= 4 is 17.5 Å². The van der Waals surface area contributed by atoms with Crippen LogP contribution >= 0.6 is 11.8 Å². The first-order chi connectivity index (χ1) is 5.84. The van der Waals surface area contributed by atoms with Gasteiger partial charge in [0, 0.05) is 18.1 Å². The van der Waals surface area contributed by atoms with E-state index in [0.29, 0.717) is 16.3 Å². The smallest absolute Gasteiger partial charge is 0.134 e. The lowest BCUT2D eigenvalue weighted by atomic mass is 9.99. The van der Waals surface area contributed by atoms with Crippen LogP contribution in [0.4, 0.5) is 0 Å². The van der Waals surface area contributed by atoms with Crippen molar-refractivity contribution in [2.75, 3.05) is 13.2 Å². The summed E-state index contributed by atoms with van der Waals surface area (Å²) in [6.45, 7) is 1.80. The van der Waals surface area contributed by atoms with Crippen LogP contribution in [-0.4, -0.2) is 29.5 Å². The molecule has 1 aliphatic heterocycles. The van der Waals surface area contributed by atoms with Gasteiger partial charge in [0.1, 0.15) is 5.78 Å². The van der Waals surface area contributed by atoms with Crippen LogP contribution in [0.5, 0.6) is 0 Å². The molecule has 0 aromatic heterocycles. The van der Waals surface area contributed by atoms with E-state index in [0.717, 1.165) is 32.5 Å². The summed E-state index contributed by atoms with van der Waals surface area (Å²) in [5.41, 5.74) is 0. The molecule has 12 heavy (non-hydrogen) atoms. The third kappa shape index (κ3) is 2.02. The normalized spacial score (nSPS) is 31.7. The van der Waals surface area contributed by atoms with Crippen molar-refractivity contribution in [3.63, 3.8) is 0 Å². The van der Waals surface area contributed by atoms with E-state index in [1.54, 1.807) is 0 Å². The molecule has 0 N–H and O–H groups in total. The van der Waals surface area contributed by atoms with Crippen LogP contribution in [0.3, 0.4) is 0 Å². The summed E-state index contributed by atoms with van der Waals surface area (Å²) in [6, 6.07) is 0. The van der Waals surface area contributed by atoms with Crippen molar-refractivity contribution in [1.82, 2.24) is 0 Å². The average Bonchev–Trinajstić information content (AvgIpc) is 1.97. The van der Waals surface area contributed by atoms with Crippen molar-refractivity contribution in [2.24, 2.45) is 0 Å². The molecule has 1 saturated carbocycles. The third-order valence-corrected chi connectivity index (χ3v) is 3.87. The van der Waals surface area contributed by atoms with Gasteiger partial charge in [0.05, 0.1) is 18.5 Å². The Labute approximate surface area is 77.0 Å². The van der Waals surface area contributed by atoms with Gasteiger partial charge in [0.25, 0.3) is 0 Å². The lowest BCUT2D eigenvalue weighted by Crippen LogP contribution is -2.33. The Morgan fingerprint density at radius 3 is 2.75 bits per heavy atom. The summed E-state index contributed by atoms with van der Waals surface area (Å²) >= 11 is 1.97. The fourth-order valence-electron chi connectivity index (χ4n) is 1.67. The van der Waals surface area contributed by atoms with Crippen LogP contribution < -0.4 is 0 Å². The second kappa shape index (κ2) is 3.79. The van der Waals surface area contributed by atoms with Crippen molar-refractivity contribution in [3.05, 3.63) is 0 Å². The van der Waals surface area contributed by atoms with E-state index in [1.165, 1.54) is 6.42 Å². The highest BCUT2D eigenvalue weighted by molar-refractivity contribution is 8.00. The Morgan fingerprint density at radius 2 is 2.17 bits per heavy atom. The molecule has 0 aromatic carbocycles. The average molecular weight is 186 g/mol. The van der Waals surface area contributed by atoms with E-state index in [1.807, 2.05) is 11.8 Å². The molecule has 3 heteroatoms. The first kappa shape index (κ1) is 8.57. The van der Waals surface area contributed by atoms with Crippen LogP contribution in [0, 0.1) is 0 Å². The molecule has 1 heterocycles. The van der Waals surface area contributed by atoms with Gasteiger partial charge in [-0.1, -0.05) is 0 Å². The third-order valence-electron chi connectivity index (χ3n) is 2.43. The van der Waals surface area contributed by atoms with Crippen LogP contribution in [0.15, 0.2) is 0 Å². The zero-order chi connectivity index (χ0) is 8.39. The van der Waals surface area contributed by atoms with Crippen LogP contribution in [0.2, 0.25) is 0 Å². The van der Waals surface area contributed by atoms with E-state index < -0.39 is 0 Å². The number of hydrogen-bond acceptors (Lipinski definition) is 3. The Hall–Kier alpha value is -0.0200. The molecule has 0 spiro atoms. The molecule has 1 unspecified atom stereocenters. The lowest BCUT2D eigenvalue weighted by molar-refractivity contribution is -0.120. The van der Waals surface area contributed by atoms with Crippen molar-refractivity contribution < 1.29 is 9.53 Å². The lowest BCUT2D eigenvalue weighted by Gasteiger charge is -2.30. The van der Waals surface area contributed by atoms with E-state index in [9.17, 15) is 4.79 Å². The minimum absolute atomic E-state index is 0.457. The van der Waals surface area contributed by atoms with Crippen LogP contribution in [0.1, 0.15) is 25.7 Å². The second-order valence-electron chi connectivity index (χ2n) is 3.55. The molecule has 2 nitrogen and oxygen atoms in total. The van der Waals surface area contributed by atoms with E-state index in [2.05, 4.69) is 0 Å². The number of Topliss-reactive ketones (excluding diaryl/α,β-unsaturated/α-hetero) is 1. The van der Waals surface area contributed by atoms with Gasteiger partial charge in [0.15, 0.2) is 0 Å². The maximum Gasteiger partial charge on any atom is 0.134 e. The second-order valence-corrected chi connectivity index (χ2v) is 5.16. The summed E-state index contributed by atoms with van der Waals surface area (Å²) in [7, 11) is 0. The summed E-state index contributed by atoms with van der Waals surface area (Å²) in [6.07, 6.45) is 3.95. The largest absolute Gasteiger partial charge is 0.379 e. The molecule has 68 valence electrons. The number of ketones is 1. The van der Waals surface area contributed by atoms with Crippen LogP contribution in [0.25, 0.3) is 0 Å². The Morgan fingerprint density at radius 1 is 1.33 bits per heavy atom. The molecule has 1 atom stereocenters. The molecule has 1 saturated heterocycles.